The number of carboxylic acids is 1. The van der Waals surface area contributed by atoms with E-state index in [0.717, 1.165) is 11.4 Å². The van der Waals surface area contributed by atoms with Gasteiger partial charge < -0.3 is 9.67 Å². The number of aliphatic carboxylic acids is 1. The van der Waals surface area contributed by atoms with Gasteiger partial charge in [-0.15, -0.1) is 10.2 Å². The standard InChI is InChI=1S/C14H16ClN3O2S/c1-9(2)13-16-17-14(21-8-12(19)20)18(13)7-10-3-5-11(15)6-4-10/h3-6,9H,7-8H2,1-2H3,(H,19,20). The zero-order chi connectivity index (χ0) is 15.4. The predicted molar refractivity (Wildman–Crippen MR) is 83.0 cm³/mol. The first-order valence-corrected chi connectivity index (χ1v) is 7.86. The van der Waals surface area contributed by atoms with Gasteiger partial charge in [-0.1, -0.05) is 49.3 Å². The number of benzene rings is 1. The largest absolute Gasteiger partial charge is 0.481 e. The van der Waals surface area contributed by atoms with E-state index in [-0.39, 0.29) is 11.7 Å². The molecule has 0 aliphatic heterocycles. The lowest BCUT2D eigenvalue weighted by atomic mass is 10.2. The van der Waals surface area contributed by atoms with Crippen LogP contribution in [-0.2, 0) is 11.3 Å². The molecule has 7 heteroatoms. The number of halogens is 1. The van der Waals surface area contributed by atoms with Gasteiger partial charge in [0, 0.05) is 10.9 Å². The van der Waals surface area contributed by atoms with E-state index in [9.17, 15) is 4.79 Å². The van der Waals surface area contributed by atoms with Gasteiger partial charge in [-0.05, 0) is 17.7 Å². The van der Waals surface area contributed by atoms with Crippen LogP contribution in [0.5, 0.6) is 0 Å². The van der Waals surface area contributed by atoms with Crippen molar-refractivity contribution in [2.24, 2.45) is 0 Å². The molecular weight excluding hydrogens is 310 g/mol. The maximum absolute atomic E-state index is 10.7. The predicted octanol–water partition coefficient (Wildman–Crippen LogP) is 3.28. The highest BCUT2D eigenvalue weighted by Gasteiger charge is 2.16. The first-order chi connectivity index (χ1) is 9.97. The Balaban J connectivity index is 2.27. The summed E-state index contributed by atoms with van der Waals surface area (Å²) < 4.78 is 1.96. The van der Waals surface area contributed by atoms with Gasteiger partial charge in [0.15, 0.2) is 5.16 Å². The van der Waals surface area contributed by atoms with Crippen LogP contribution in [0.15, 0.2) is 29.4 Å². The molecule has 0 saturated heterocycles. The van der Waals surface area contributed by atoms with E-state index >= 15 is 0 Å². The fraction of sp³-hybridized carbons (Fsp3) is 0.357. The van der Waals surface area contributed by atoms with Crippen molar-refractivity contribution in [2.45, 2.75) is 31.5 Å². The number of carboxylic acid groups (broad SMARTS) is 1. The number of carbonyl (C=O) groups is 1. The Bertz CT molecular complexity index is 626. The normalized spacial score (nSPS) is 11.0. The van der Waals surface area contributed by atoms with E-state index in [1.807, 2.05) is 42.7 Å². The highest BCUT2D eigenvalue weighted by molar-refractivity contribution is 7.99. The van der Waals surface area contributed by atoms with Gasteiger partial charge in [0.25, 0.3) is 0 Å². The minimum atomic E-state index is -0.868. The van der Waals surface area contributed by atoms with Crippen LogP contribution < -0.4 is 0 Å². The summed E-state index contributed by atoms with van der Waals surface area (Å²) in [5.41, 5.74) is 1.07. The van der Waals surface area contributed by atoms with Gasteiger partial charge in [0.05, 0.1) is 12.3 Å². The molecule has 0 unspecified atom stereocenters. The van der Waals surface area contributed by atoms with Gasteiger partial charge >= 0.3 is 5.97 Å². The second kappa shape index (κ2) is 6.95. The van der Waals surface area contributed by atoms with Crippen LogP contribution in [0.3, 0.4) is 0 Å². The number of nitrogens with zero attached hydrogens (tertiary/aromatic N) is 3. The van der Waals surface area contributed by atoms with Gasteiger partial charge in [-0.3, -0.25) is 4.79 Å². The number of hydrogen-bond acceptors (Lipinski definition) is 4. The van der Waals surface area contributed by atoms with Crippen LogP contribution >= 0.6 is 23.4 Å². The lowest BCUT2D eigenvalue weighted by molar-refractivity contribution is -0.133. The smallest absolute Gasteiger partial charge is 0.313 e. The fourth-order valence-corrected chi connectivity index (χ4v) is 2.67. The molecule has 0 radical (unpaired) electrons. The molecule has 2 rings (SSSR count). The minimum absolute atomic E-state index is 0.0309. The average Bonchev–Trinajstić information content (AvgIpc) is 2.82. The Kier molecular flexibility index (Phi) is 5.25. The first kappa shape index (κ1) is 15.9. The molecule has 0 atom stereocenters. The molecule has 0 amide bonds. The Morgan fingerprint density at radius 3 is 2.57 bits per heavy atom. The number of hydrogen-bond donors (Lipinski definition) is 1. The molecular formula is C14H16ClN3O2S. The van der Waals surface area contributed by atoms with Gasteiger partial charge in [0.1, 0.15) is 5.82 Å². The molecule has 0 bridgehead atoms. The van der Waals surface area contributed by atoms with Crippen LogP contribution in [0, 0.1) is 0 Å². The third-order valence-electron chi connectivity index (χ3n) is 2.84. The second-order valence-electron chi connectivity index (χ2n) is 4.89. The summed E-state index contributed by atoms with van der Waals surface area (Å²) >= 11 is 7.07. The summed E-state index contributed by atoms with van der Waals surface area (Å²) in [6.07, 6.45) is 0. The van der Waals surface area contributed by atoms with E-state index < -0.39 is 5.97 Å². The Morgan fingerprint density at radius 1 is 1.33 bits per heavy atom. The molecule has 21 heavy (non-hydrogen) atoms. The molecule has 1 N–H and O–H groups in total. The third kappa shape index (κ3) is 4.22. The van der Waals surface area contributed by atoms with Crippen molar-refractivity contribution in [3.8, 4) is 0 Å². The van der Waals surface area contributed by atoms with E-state index in [2.05, 4.69) is 10.2 Å². The molecule has 112 valence electrons. The van der Waals surface area contributed by atoms with Crippen molar-refractivity contribution in [2.75, 3.05) is 5.75 Å². The van der Waals surface area contributed by atoms with E-state index in [1.165, 1.54) is 11.8 Å². The number of thioether (sulfide) groups is 1. The zero-order valence-corrected chi connectivity index (χ0v) is 13.4. The summed E-state index contributed by atoms with van der Waals surface area (Å²) in [5.74, 6) is 0.158. The Hall–Kier alpha value is -1.53. The van der Waals surface area contributed by atoms with E-state index in [4.69, 9.17) is 16.7 Å². The summed E-state index contributed by atoms with van der Waals surface area (Å²) in [6.45, 7) is 4.67. The van der Waals surface area contributed by atoms with Gasteiger partial charge in [0.2, 0.25) is 0 Å². The second-order valence-corrected chi connectivity index (χ2v) is 6.27. The van der Waals surface area contributed by atoms with Crippen molar-refractivity contribution in [3.05, 3.63) is 40.7 Å². The van der Waals surface area contributed by atoms with Crippen molar-refractivity contribution in [1.29, 1.82) is 0 Å². The minimum Gasteiger partial charge on any atom is -0.481 e. The SMILES string of the molecule is CC(C)c1nnc(SCC(=O)O)n1Cc1ccc(Cl)cc1. The molecule has 0 aliphatic carbocycles. The summed E-state index contributed by atoms with van der Waals surface area (Å²) in [7, 11) is 0. The topological polar surface area (TPSA) is 68.0 Å². The molecule has 0 aliphatic rings. The number of rotatable bonds is 6. The van der Waals surface area contributed by atoms with E-state index in [0.29, 0.717) is 16.7 Å². The summed E-state index contributed by atoms with van der Waals surface area (Å²) in [6, 6.07) is 7.55. The average molecular weight is 326 g/mol. The first-order valence-electron chi connectivity index (χ1n) is 6.49. The number of aromatic nitrogens is 3. The monoisotopic (exact) mass is 325 g/mol. The maximum Gasteiger partial charge on any atom is 0.313 e. The van der Waals surface area contributed by atoms with Crippen LogP contribution in [-0.4, -0.2) is 31.6 Å². The lowest BCUT2D eigenvalue weighted by Gasteiger charge is -2.11. The maximum atomic E-state index is 10.7. The van der Waals surface area contributed by atoms with Crippen LogP contribution in [0.4, 0.5) is 0 Å². The molecule has 1 aromatic carbocycles. The van der Waals surface area contributed by atoms with Crippen molar-refractivity contribution in [3.63, 3.8) is 0 Å². The quantitative estimate of drug-likeness (QED) is 0.825. The highest BCUT2D eigenvalue weighted by Crippen LogP contribution is 2.23. The summed E-state index contributed by atoms with van der Waals surface area (Å²) in [4.78, 5) is 10.7. The summed E-state index contributed by atoms with van der Waals surface area (Å²) in [5, 5.41) is 18.4. The highest BCUT2D eigenvalue weighted by atomic mass is 35.5. The Morgan fingerprint density at radius 2 is 2.00 bits per heavy atom. The van der Waals surface area contributed by atoms with Crippen LogP contribution in [0.25, 0.3) is 0 Å². The Labute approximate surface area is 132 Å². The molecule has 1 aromatic heterocycles. The van der Waals surface area contributed by atoms with Gasteiger partial charge in [-0.25, -0.2) is 0 Å². The molecule has 5 nitrogen and oxygen atoms in total. The fourth-order valence-electron chi connectivity index (χ4n) is 1.88. The molecule has 0 fully saturated rings. The van der Waals surface area contributed by atoms with Crippen LogP contribution in [0.2, 0.25) is 5.02 Å². The lowest BCUT2D eigenvalue weighted by Crippen LogP contribution is -2.09. The molecule has 0 saturated carbocycles. The van der Waals surface area contributed by atoms with Crippen molar-refractivity contribution < 1.29 is 9.90 Å². The molecule has 1 heterocycles. The van der Waals surface area contributed by atoms with Gasteiger partial charge in [-0.2, -0.15) is 0 Å². The van der Waals surface area contributed by atoms with Crippen LogP contribution in [0.1, 0.15) is 31.2 Å². The van der Waals surface area contributed by atoms with Crippen molar-refractivity contribution >= 4 is 29.3 Å². The third-order valence-corrected chi connectivity index (χ3v) is 4.04. The van der Waals surface area contributed by atoms with E-state index in [1.54, 1.807) is 0 Å². The van der Waals surface area contributed by atoms with Crippen molar-refractivity contribution in [1.82, 2.24) is 14.8 Å². The molecule has 0 spiro atoms. The molecule has 2 aromatic rings. The zero-order valence-electron chi connectivity index (χ0n) is 11.8.